The van der Waals surface area contributed by atoms with E-state index in [1.54, 1.807) is 17.1 Å². The molecule has 0 bridgehead atoms. The average Bonchev–Trinajstić information content (AvgIpc) is 3.36. The Morgan fingerprint density at radius 3 is 2.73 bits per heavy atom. The van der Waals surface area contributed by atoms with E-state index in [1.807, 2.05) is 42.5 Å². The number of aromatic nitrogens is 2. The number of nitrogens with zero attached hydrogens (tertiary/aromatic N) is 2. The molecule has 2 unspecified atom stereocenters. The van der Waals surface area contributed by atoms with Crippen LogP contribution in [0.1, 0.15) is 17.9 Å². The van der Waals surface area contributed by atoms with Crippen LogP contribution in [-0.4, -0.2) is 15.7 Å². The van der Waals surface area contributed by atoms with Gasteiger partial charge in [-0.2, -0.15) is 5.10 Å². The third kappa shape index (κ3) is 3.96. The Balaban J connectivity index is 1.30. The Bertz CT molecular complexity index is 893. The predicted molar refractivity (Wildman–Crippen MR) is 103 cm³/mol. The van der Waals surface area contributed by atoms with Crippen LogP contribution < -0.4 is 10.1 Å². The van der Waals surface area contributed by atoms with Crippen LogP contribution in [-0.2, 0) is 11.5 Å². The molecule has 6 heteroatoms. The van der Waals surface area contributed by atoms with Gasteiger partial charge in [-0.3, -0.25) is 4.79 Å². The second-order valence-electron chi connectivity index (χ2n) is 6.34. The minimum Gasteiger partial charge on any atom is -0.471 e. The Hall–Kier alpha value is -2.60. The van der Waals surface area contributed by atoms with Gasteiger partial charge in [-0.05, 0) is 42.2 Å². The maximum Gasteiger partial charge on any atom is 0.228 e. The molecule has 1 aromatic heterocycles. The fourth-order valence-electron chi connectivity index (χ4n) is 2.96. The first-order valence-corrected chi connectivity index (χ1v) is 9.25. The molecule has 3 aromatic rings. The third-order valence-corrected chi connectivity index (χ3v) is 4.96. The van der Waals surface area contributed by atoms with Crippen molar-refractivity contribution in [2.75, 3.05) is 5.32 Å². The van der Waals surface area contributed by atoms with Crippen LogP contribution in [0.5, 0.6) is 5.75 Å². The van der Waals surface area contributed by atoms with Crippen LogP contribution >= 0.6 is 15.9 Å². The standard InChI is InChI=1S/C20H18BrN3O2/c21-15-6-8-17(9-7-15)26-13-24-12-16(11-22-24)23-20(25)19-10-18(19)14-4-2-1-3-5-14/h1-9,11-12,18-19H,10,13H2,(H,23,25). The molecule has 0 spiro atoms. The molecule has 2 aromatic carbocycles. The number of benzene rings is 2. The molecule has 1 aliphatic carbocycles. The third-order valence-electron chi connectivity index (χ3n) is 4.43. The van der Waals surface area contributed by atoms with E-state index in [-0.39, 0.29) is 18.6 Å². The second-order valence-corrected chi connectivity index (χ2v) is 7.26. The number of halogens is 1. The van der Waals surface area contributed by atoms with E-state index in [0.29, 0.717) is 11.6 Å². The molecule has 1 fully saturated rings. The molecule has 1 amide bonds. The van der Waals surface area contributed by atoms with E-state index in [0.717, 1.165) is 16.6 Å². The molecular weight excluding hydrogens is 394 g/mol. The molecule has 1 N–H and O–H groups in total. The van der Waals surface area contributed by atoms with E-state index < -0.39 is 0 Å². The lowest BCUT2D eigenvalue weighted by Gasteiger charge is -2.06. The number of hydrogen-bond acceptors (Lipinski definition) is 3. The van der Waals surface area contributed by atoms with Gasteiger partial charge < -0.3 is 10.1 Å². The van der Waals surface area contributed by atoms with Crippen LogP contribution in [0.2, 0.25) is 0 Å². The van der Waals surface area contributed by atoms with Crippen LogP contribution in [0, 0.1) is 5.92 Å². The Labute approximate surface area is 160 Å². The summed E-state index contributed by atoms with van der Waals surface area (Å²) in [5.74, 6) is 1.18. The lowest BCUT2D eigenvalue weighted by atomic mass is 10.1. The van der Waals surface area contributed by atoms with Gasteiger partial charge in [0.15, 0.2) is 6.73 Å². The summed E-state index contributed by atoms with van der Waals surface area (Å²) < 4.78 is 8.32. The van der Waals surface area contributed by atoms with Crippen molar-refractivity contribution in [3.8, 4) is 5.75 Å². The molecule has 0 aliphatic heterocycles. The monoisotopic (exact) mass is 411 g/mol. The maximum atomic E-state index is 12.4. The van der Waals surface area contributed by atoms with Gasteiger partial charge in [-0.15, -0.1) is 0 Å². The van der Waals surface area contributed by atoms with E-state index in [4.69, 9.17) is 4.74 Å². The first-order valence-electron chi connectivity index (χ1n) is 8.46. The molecule has 4 rings (SSSR count). The zero-order valence-corrected chi connectivity index (χ0v) is 15.6. The highest BCUT2D eigenvalue weighted by Gasteiger charge is 2.43. The van der Waals surface area contributed by atoms with Gasteiger partial charge in [0.2, 0.25) is 5.91 Å². The number of amides is 1. The minimum absolute atomic E-state index is 0.0414. The second kappa shape index (κ2) is 7.33. The highest BCUT2D eigenvalue weighted by atomic mass is 79.9. The van der Waals surface area contributed by atoms with Crippen LogP contribution in [0.3, 0.4) is 0 Å². The summed E-state index contributed by atoms with van der Waals surface area (Å²) in [6.07, 6.45) is 4.32. The summed E-state index contributed by atoms with van der Waals surface area (Å²) in [5.41, 5.74) is 1.92. The van der Waals surface area contributed by atoms with Gasteiger partial charge in [-0.1, -0.05) is 46.3 Å². The molecule has 1 aliphatic rings. The first kappa shape index (κ1) is 16.8. The van der Waals surface area contributed by atoms with E-state index in [1.165, 1.54) is 5.56 Å². The molecule has 1 heterocycles. The van der Waals surface area contributed by atoms with Crippen molar-refractivity contribution in [1.29, 1.82) is 0 Å². The van der Waals surface area contributed by atoms with Crippen molar-refractivity contribution < 1.29 is 9.53 Å². The number of ether oxygens (including phenoxy) is 1. The summed E-state index contributed by atoms with van der Waals surface area (Å²) >= 11 is 3.39. The minimum atomic E-state index is 0.0414. The highest BCUT2D eigenvalue weighted by Crippen LogP contribution is 2.47. The van der Waals surface area contributed by atoms with Crippen molar-refractivity contribution in [2.45, 2.75) is 19.1 Å². The summed E-state index contributed by atoms with van der Waals surface area (Å²) in [6.45, 7) is 0.285. The van der Waals surface area contributed by atoms with Crippen molar-refractivity contribution in [3.63, 3.8) is 0 Å². The summed E-state index contributed by atoms with van der Waals surface area (Å²) in [4.78, 5) is 12.4. The SMILES string of the molecule is O=C(Nc1cnn(COc2ccc(Br)cc2)c1)C1CC1c1ccccc1. The lowest BCUT2D eigenvalue weighted by Crippen LogP contribution is -2.14. The molecular formula is C20H18BrN3O2. The van der Waals surface area contributed by atoms with Crippen molar-refractivity contribution in [3.05, 3.63) is 77.0 Å². The number of nitrogens with one attached hydrogen (secondary N) is 1. The Morgan fingerprint density at radius 1 is 1.19 bits per heavy atom. The van der Waals surface area contributed by atoms with Crippen LogP contribution in [0.15, 0.2) is 71.5 Å². The predicted octanol–water partition coefficient (Wildman–Crippen LogP) is 4.42. The number of anilines is 1. The first-order chi connectivity index (χ1) is 12.7. The number of hydrogen-bond donors (Lipinski definition) is 1. The van der Waals surface area contributed by atoms with Crippen LogP contribution in [0.25, 0.3) is 0 Å². The molecule has 26 heavy (non-hydrogen) atoms. The highest BCUT2D eigenvalue weighted by molar-refractivity contribution is 9.10. The molecule has 0 radical (unpaired) electrons. The molecule has 1 saturated carbocycles. The number of carbonyl (C=O) groups excluding carboxylic acids is 1. The summed E-state index contributed by atoms with van der Waals surface area (Å²) in [6, 6.07) is 17.8. The van der Waals surface area contributed by atoms with Gasteiger partial charge in [0, 0.05) is 10.4 Å². The van der Waals surface area contributed by atoms with Gasteiger partial charge in [0.05, 0.1) is 18.1 Å². The molecule has 132 valence electrons. The topological polar surface area (TPSA) is 56.2 Å². The fraction of sp³-hybridized carbons (Fsp3) is 0.200. The molecule has 2 atom stereocenters. The average molecular weight is 412 g/mol. The van der Waals surface area contributed by atoms with Crippen LogP contribution in [0.4, 0.5) is 5.69 Å². The van der Waals surface area contributed by atoms with Crippen molar-refractivity contribution >= 4 is 27.5 Å². The number of rotatable bonds is 6. The fourth-order valence-corrected chi connectivity index (χ4v) is 3.22. The summed E-state index contributed by atoms with van der Waals surface area (Å²) in [7, 11) is 0. The smallest absolute Gasteiger partial charge is 0.228 e. The van der Waals surface area contributed by atoms with Gasteiger partial charge in [-0.25, -0.2) is 4.68 Å². The van der Waals surface area contributed by atoms with E-state index in [2.05, 4.69) is 38.5 Å². The quantitative estimate of drug-likeness (QED) is 0.652. The zero-order chi connectivity index (χ0) is 17.9. The lowest BCUT2D eigenvalue weighted by molar-refractivity contribution is -0.117. The van der Waals surface area contributed by atoms with Gasteiger partial charge in [0.25, 0.3) is 0 Å². The van der Waals surface area contributed by atoms with E-state index >= 15 is 0 Å². The van der Waals surface area contributed by atoms with Crippen molar-refractivity contribution in [2.24, 2.45) is 5.92 Å². The van der Waals surface area contributed by atoms with Gasteiger partial charge in [0.1, 0.15) is 5.75 Å². The van der Waals surface area contributed by atoms with Crippen molar-refractivity contribution in [1.82, 2.24) is 9.78 Å². The normalized spacial score (nSPS) is 18.3. The Morgan fingerprint density at radius 2 is 1.96 bits per heavy atom. The van der Waals surface area contributed by atoms with Gasteiger partial charge >= 0.3 is 0 Å². The molecule has 0 saturated heterocycles. The number of carbonyl (C=O) groups is 1. The van der Waals surface area contributed by atoms with E-state index in [9.17, 15) is 4.79 Å². The Kier molecular flexibility index (Phi) is 4.75. The molecule has 5 nitrogen and oxygen atoms in total. The largest absolute Gasteiger partial charge is 0.471 e. The zero-order valence-electron chi connectivity index (χ0n) is 14.0. The summed E-state index contributed by atoms with van der Waals surface area (Å²) in [5, 5.41) is 7.17. The maximum absolute atomic E-state index is 12.4.